The molecule has 1 fully saturated rings. The van der Waals surface area contributed by atoms with E-state index in [0.717, 1.165) is 31.7 Å². The van der Waals surface area contributed by atoms with E-state index in [1.807, 2.05) is 16.7 Å². The summed E-state index contributed by atoms with van der Waals surface area (Å²) in [6.45, 7) is 2.29. The minimum absolute atomic E-state index is 0.0658. The van der Waals surface area contributed by atoms with E-state index in [1.54, 1.807) is 18.2 Å². The number of likely N-dealkylation sites (tertiary alicyclic amines) is 1. The number of amides is 1. The summed E-state index contributed by atoms with van der Waals surface area (Å²) in [4.78, 5) is 27.0. The van der Waals surface area contributed by atoms with E-state index >= 15 is 0 Å². The van der Waals surface area contributed by atoms with Crippen molar-refractivity contribution in [2.45, 2.75) is 18.9 Å². The van der Waals surface area contributed by atoms with Crippen molar-refractivity contribution in [2.75, 3.05) is 45.5 Å². The van der Waals surface area contributed by atoms with Gasteiger partial charge in [0.2, 0.25) is 11.7 Å². The molecule has 1 N–H and O–H groups in total. The van der Waals surface area contributed by atoms with Crippen LogP contribution in [0.5, 0.6) is 17.2 Å². The molecule has 8 nitrogen and oxygen atoms in total. The number of aromatic nitrogens is 1. The van der Waals surface area contributed by atoms with Crippen LogP contribution in [0.4, 0.5) is 5.69 Å². The molecule has 2 aliphatic rings. The number of ether oxygens (including phenoxy) is 3. The van der Waals surface area contributed by atoms with E-state index in [-0.39, 0.29) is 23.1 Å². The summed E-state index contributed by atoms with van der Waals surface area (Å²) in [6, 6.07) is 8.86. The monoisotopic (exact) mass is 489 g/mol. The molecule has 1 aromatic heterocycles. The molecule has 4 rings (SSSR count). The number of rotatable bonds is 6. The molecule has 1 saturated heterocycles. The number of pyridine rings is 1. The van der Waals surface area contributed by atoms with E-state index in [0.29, 0.717) is 33.2 Å². The highest BCUT2D eigenvalue weighted by Gasteiger charge is 2.35. The number of thiocarbonyl (C=S) groups is 1. The summed E-state index contributed by atoms with van der Waals surface area (Å²) >= 11 is 7.01. The molecule has 2 atom stereocenters. The van der Waals surface area contributed by atoms with Crippen LogP contribution in [-0.4, -0.2) is 59.9 Å². The molecule has 33 heavy (non-hydrogen) atoms. The maximum Gasteiger partial charge on any atom is 0.250 e. The highest BCUT2D eigenvalue weighted by Crippen LogP contribution is 2.40. The number of thioether (sulfide) groups is 1. The quantitative estimate of drug-likeness (QED) is 0.621. The molecule has 176 valence electrons. The number of methoxy groups -OCH3 is 3. The van der Waals surface area contributed by atoms with Gasteiger partial charge < -0.3 is 29.0 Å². The van der Waals surface area contributed by atoms with E-state index in [1.165, 1.54) is 33.1 Å². The van der Waals surface area contributed by atoms with E-state index in [2.05, 4.69) is 10.2 Å². The van der Waals surface area contributed by atoms with Gasteiger partial charge in [-0.3, -0.25) is 9.59 Å². The molecule has 0 aliphatic carbocycles. The lowest BCUT2D eigenvalue weighted by molar-refractivity contribution is -0.113. The molecule has 1 aromatic carbocycles. The molecule has 0 saturated carbocycles. The van der Waals surface area contributed by atoms with Gasteiger partial charge in [0.25, 0.3) is 5.56 Å². The number of nitrogens with one attached hydrogen (secondary N) is 1. The SMILES string of the molecule is COc1cc(NC(=O)CSC(=S)N2C[C@@H]3C[C@@H](C2)c2cccc(=O)n2C3)cc(OC)c1OC. The summed E-state index contributed by atoms with van der Waals surface area (Å²) in [5.41, 5.74) is 1.70. The Hall–Kier alpha value is -2.72. The van der Waals surface area contributed by atoms with Crippen LogP contribution < -0.4 is 25.1 Å². The molecule has 1 amide bonds. The van der Waals surface area contributed by atoms with Crippen LogP contribution in [0, 0.1) is 5.92 Å². The number of carbonyl (C=O) groups is 1. The second-order valence-corrected chi connectivity index (χ2v) is 9.73. The normalized spacial score (nSPS) is 18.8. The number of hydrogen-bond donors (Lipinski definition) is 1. The first kappa shape index (κ1) is 23.4. The van der Waals surface area contributed by atoms with Gasteiger partial charge in [-0.25, -0.2) is 0 Å². The minimum atomic E-state index is -0.175. The maximum absolute atomic E-state index is 12.6. The van der Waals surface area contributed by atoms with Crippen LogP contribution in [0.3, 0.4) is 0 Å². The fourth-order valence-electron chi connectivity index (χ4n) is 4.61. The van der Waals surface area contributed by atoms with Crippen LogP contribution >= 0.6 is 24.0 Å². The zero-order valence-corrected chi connectivity index (χ0v) is 20.5. The molecule has 0 unspecified atom stereocenters. The molecular weight excluding hydrogens is 462 g/mol. The Balaban J connectivity index is 1.36. The second kappa shape index (κ2) is 10.0. The average molecular weight is 490 g/mol. The predicted octanol–water partition coefficient (Wildman–Crippen LogP) is 2.95. The van der Waals surface area contributed by atoms with Crippen LogP contribution in [-0.2, 0) is 11.3 Å². The maximum atomic E-state index is 12.6. The number of hydrogen-bond acceptors (Lipinski definition) is 7. The number of piperidine rings is 1. The Kier molecular flexibility index (Phi) is 7.14. The van der Waals surface area contributed by atoms with Gasteiger partial charge in [-0.05, 0) is 18.4 Å². The topological polar surface area (TPSA) is 82.0 Å². The Morgan fingerprint density at radius 2 is 1.85 bits per heavy atom. The Bertz CT molecular complexity index is 1090. The van der Waals surface area contributed by atoms with Crippen LogP contribution in [0.1, 0.15) is 18.0 Å². The van der Waals surface area contributed by atoms with Crippen molar-refractivity contribution in [3.63, 3.8) is 0 Å². The molecular formula is C23H27N3O5S2. The Morgan fingerprint density at radius 3 is 2.52 bits per heavy atom. The Morgan fingerprint density at radius 1 is 1.12 bits per heavy atom. The smallest absolute Gasteiger partial charge is 0.250 e. The van der Waals surface area contributed by atoms with Crippen molar-refractivity contribution >= 4 is 39.9 Å². The standard InChI is InChI=1S/C23H27N3O5S2/c1-29-18-8-16(9-19(30-2)22(18)31-3)24-20(27)13-33-23(32)25-10-14-7-15(12-25)17-5-4-6-21(28)26(17)11-14/h4-6,8-9,14-15H,7,10-13H2,1-3H3,(H,24,27)/t14-,15-/m0/s1. The molecule has 0 spiro atoms. The first-order valence-electron chi connectivity index (χ1n) is 10.6. The van der Waals surface area contributed by atoms with Crippen molar-refractivity contribution in [2.24, 2.45) is 5.92 Å². The molecule has 2 aromatic rings. The Labute approximate surface area is 202 Å². The lowest BCUT2D eigenvalue weighted by Gasteiger charge is -2.43. The van der Waals surface area contributed by atoms with Crippen molar-refractivity contribution in [1.29, 1.82) is 0 Å². The average Bonchev–Trinajstić information content (AvgIpc) is 2.82. The molecule has 0 radical (unpaired) electrons. The van der Waals surface area contributed by atoms with Gasteiger partial charge in [-0.15, -0.1) is 0 Å². The molecule has 2 bridgehead atoms. The van der Waals surface area contributed by atoms with E-state index < -0.39 is 0 Å². The van der Waals surface area contributed by atoms with Crippen LogP contribution in [0.25, 0.3) is 0 Å². The third-order valence-corrected chi connectivity index (χ3v) is 7.54. The zero-order chi connectivity index (χ0) is 23.5. The predicted molar refractivity (Wildman–Crippen MR) is 133 cm³/mol. The minimum Gasteiger partial charge on any atom is -0.493 e. The van der Waals surface area contributed by atoms with Crippen molar-refractivity contribution in [3.8, 4) is 17.2 Å². The van der Waals surface area contributed by atoms with Gasteiger partial charge in [-0.1, -0.05) is 30.0 Å². The van der Waals surface area contributed by atoms with E-state index in [9.17, 15) is 9.59 Å². The molecule has 10 heteroatoms. The van der Waals surface area contributed by atoms with Gasteiger partial charge in [0, 0.05) is 55.1 Å². The fourth-order valence-corrected chi connectivity index (χ4v) is 5.60. The van der Waals surface area contributed by atoms with Gasteiger partial charge >= 0.3 is 0 Å². The van der Waals surface area contributed by atoms with Crippen molar-refractivity contribution in [1.82, 2.24) is 9.47 Å². The number of nitrogens with zero attached hydrogens (tertiary/aromatic N) is 2. The fraction of sp³-hybridized carbons (Fsp3) is 0.435. The summed E-state index contributed by atoms with van der Waals surface area (Å²) in [7, 11) is 4.59. The highest BCUT2D eigenvalue weighted by molar-refractivity contribution is 8.23. The molecule has 3 heterocycles. The largest absolute Gasteiger partial charge is 0.493 e. The number of fused-ring (bicyclic) bond motifs is 4. The van der Waals surface area contributed by atoms with Crippen molar-refractivity contribution in [3.05, 3.63) is 46.4 Å². The number of carbonyl (C=O) groups excluding carboxylic acids is 1. The van der Waals surface area contributed by atoms with Crippen LogP contribution in [0.15, 0.2) is 35.1 Å². The summed E-state index contributed by atoms with van der Waals surface area (Å²) in [5, 5.41) is 2.87. The van der Waals surface area contributed by atoms with Gasteiger partial charge in [0.05, 0.1) is 27.1 Å². The third-order valence-electron chi connectivity index (χ3n) is 6.01. The summed E-state index contributed by atoms with van der Waals surface area (Å²) < 4.78 is 18.6. The second-order valence-electron chi connectivity index (χ2n) is 8.12. The first-order valence-corrected chi connectivity index (χ1v) is 12.0. The summed E-state index contributed by atoms with van der Waals surface area (Å²) in [5.74, 6) is 2.07. The zero-order valence-electron chi connectivity index (χ0n) is 18.8. The molecule has 2 aliphatic heterocycles. The van der Waals surface area contributed by atoms with Crippen molar-refractivity contribution < 1.29 is 19.0 Å². The van der Waals surface area contributed by atoms with E-state index in [4.69, 9.17) is 26.4 Å². The lowest BCUT2D eigenvalue weighted by Crippen LogP contribution is -2.48. The first-order chi connectivity index (χ1) is 15.9. The third kappa shape index (κ3) is 4.96. The highest BCUT2D eigenvalue weighted by atomic mass is 32.2. The van der Waals surface area contributed by atoms with Gasteiger partial charge in [0.15, 0.2) is 11.5 Å². The number of benzene rings is 1. The van der Waals surface area contributed by atoms with Crippen LogP contribution in [0.2, 0.25) is 0 Å². The van der Waals surface area contributed by atoms with Gasteiger partial charge in [-0.2, -0.15) is 0 Å². The summed E-state index contributed by atoms with van der Waals surface area (Å²) in [6.07, 6.45) is 1.06. The van der Waals surface area contributed by atoms with Gasteiger partial charge in [0.1, 0.15) is 4.32 Å². The number of anilines is 1. The lowest BCUT2D eigenvalue weighted by atomic mass is 9.83.